The molecule has 1 aliphatic carbocycles. The van der Waals surface area contributed by atoms with Crippen molar-refractivity contribution >= 4 is 17.7 Å². The maximum absolute atomic E-state index is 12.7. The second kappa shape index (κ2) is 17.4. The predicted octanol–water partition coefficient (Wildman–Crippen LogP) is 1.82. The Kier molecular flexibility index (Phi) is 14.0. The van der Waals surface area contributed by atoms with Crippen molar-refractivity contribution in [1.29, 1.82) is 0 Å². The SMILES string of the molecule is CCOCCOCCOCCOCCn1cc(CNC(=O)C2CCC(CN3C(=O)CC(C(C)C)C3=O)CC2)nn1. The first-order valence-corrected chi connectivity index (χ1v) is 14.7. The number of carbonyl (C=O) groups is 3. The van der Waals surface area contributed by atoms with E-state index < -0.39 is 0 Å². The minimum Gasteiger partial charge on any atom is -0.379 e. The molecule has 1 aromatic heterocycles. The van der Waals surface area contributed by atoms with Crippen LogP contribution in [0.4, 0.5) is 0 Å². The van der Waals surface area contributed by atoms with Gasteiger partial charge in [0.25, 0.3) is 0 Å². The fraction of sp³-hybridized carbons (Fsp3) is 0.821. The molecule has 2 heterocycles. The Morgan fingerprint density at radius 2 is 1.60 bits per heavy atom. The summed E-state index contributed by atoms with van der Waals surface area (Å²) in [5.74, 6) is 0.130. The highest BCUT2D eigenvalue weighted by molar-refractivity contribution is 6.03. The minimum atomic E-state index is -0.188. The zero-order chi connectivity index (χ0) is 28.7. The molecular formula is C28H47N5O7. The van der Waals surface area contributed by atoms with Crippen molar-refractivity contribution in [3.8, 4) is 0 Å². The van der Waals surface area contributed by atoms with E-state index in [1.807, 2.05) is 27.0 Å². The summed E-state index contributed by atoms with van der Waals surface area (Å²) < 4.78 is 23.3. The van der Waals surface area contributed by atoms with Crippen molar-refractivity contribution in [3.63, 3.8) is 0 Å². The van der Waals surface area contributed by atoms with Crippen molar-refractivity contribution in [2.45, 2.75) is 66.0 Å². The molecule has 2 aliphatic rings. The summed E-state index contributed by atoms with van der Waals surface area (Å²) in [7, 11) is 0. The smallest absolute Gasteiger partial charge is 0.233 e. The number of rotatable bonds is 19. The monoisotopic (exact) mass is 565 g/mol. The Balaban J connectivity index is 1.22. The number of hydrogen-bond donors (Lipinski definition) is 1. The van der Waals surface area contributed by atoms with Gasteiger partial charge in [-0.2, -0.15) is 0 Å². The molecule has 0 aromatic carbocycles. The van der Waals surface area contributed by atoms with Crippen LogP contribution in [0.25, 0.3) is 0 Å². The normalized spacial score (nSPS) is 21.5. The fourth-order valence-corrected chi connectivity index (χ4v) is 5.10. The van der Waals surface area contributed by atoms with Crippen molar-refractivity contribution in [1.82, 2.24) is 25.2 Å². The number of ether oxygens (including phenoxy) is 4. The van der Waals surface area contributed by atoms with Gasteiger partial charge in [0, 0.05) is 31.4 Å². The average molecular weight is 566 g/mol. The molecule has 2 fully saturated rings. The van der Waals surface area contributed by atoms with E-state index in [-0.39, 0.29) is 41.4 Å². The molecule has 0 spiro atoms. The van der Waals surface area contributed by atoms with Crippen LogP contribution in [0.1, 0.15) is 58.6 Å². The van der Waals surface area contributed by atoms with E-state index in [1.54, 1.807) is 4.68 Å². The van der Waals surface area contributed by atoms with Crippen LogP contribution in [-0.4, -0.2) is 97.0 Å². The molecule has 0 radical (unpaired) electrons. The number of nitrogens with zero attached hydrogens (tertiary/aromatic N) is 4. The summed E-state index contributed by atoms with van der Waals surface area (Å²) in [4.78, 5) is 39.1. The van der Waals surface area contributed by atoms with Crippen LogP contribution < -0.4 is 5.32 Å². The van der Waals surface area contributed by atoms with Crippen molar-refractivity contribution in [2.75, 3.05) is 59.4 Å². The molecule has 1 saturated carbocycles. The first-order chi connectivity index (χ1) is 19.4. The highest BCUT2D eigenvalue weighted by atomic mass is 16.6. The summed E-state index contributed by atoms with van der Waals surface area (Å²) in [5.41, 5.74) is 0.695. The van der Waals surface area contributed by atoms with Gasteiger partial charge >= 0.3 is 0 Å². The molecule has 1 aliphatic heterocycles. The molecule has 12 nitrogen and oxygen atoms in total. The van der Waals surface area contributed by atoms with Crippen molar-refractivity contribution in [3.05, 3.63) is 11.9 Å². The molecule has 40 heavy (non-hydrogen) atoms. The van der Waals surface area contributed by atoms with Gasteiger partial charge < -0.3 is 24.3 Å². The highest BCUT2D eigenvalue weighted by Gasteiger charge is 2.41. The van der Waals surface area contributed by atoms with E-state index in [2.05, 4.69) is 15.6 Å². The third kappa shape index (κ3) is 10.5. The fourth-order valence-electron chi connectivity index (χ4n) is 5.10. The summed E-state index contributed by atoms with van der Waals surface area (Å²) >= 11 is 0. The van der Waals surface area contributed by atoms with E-state index in [0.717, 1.165) is 25.7 Å². The zero-order valence-corrected chi connectivity index (χ0v) is 24.3. The molecule has 1 unspecified atom stereocenters. The van der Waals surface area contributed by atoms with Crippen molar-refractivity contribution in [2.24, 2.45) is 23.7 Å². The van der Waals surface area contributed by atoms with Gasteiger partial charge in [-0.15, -0.1) is 5.10 Å². The highest BCUT2D eigenvalue weighted by Crippen LogP contribution is 2.33. The van der Waals surface area contributed by atoms with E-state index in [4.69, 9.17) is 18.9 Å². The van der Waals surface area contributed by atoms with Gasteiger partial charge in [-0.05, 0) is 44.4 Å². The first-order valence-electron chi connectivity index (χ1n) is 14.7. The second-order valence-electron chi connectivity index (χ2n) is 10.8. The Bertz CT molecular complexity index is 917. The molecule has 12 heteroatoms. The van der Waals surface area contributed by atoms with Crippen LogP contribution in [0.3, 0.4) is 0 Å². The van der Waals surface area contributed by atoms with E-state index >= 15 is 0 Å². The molecule has 1 N–H and O–H groups in total. The van der Waals surface area contributed by atoms with Crippen LogP contribution >= 0.6 is 0 Å². The lowest BCUT2D eigenvalue weighted by atomic mass is 9.81. The lowest BCUT2D eigenvalue weighted by Crippen LogP contribution is -2.38. The summed E-state index contributed by atoms with van der Waals surface area (Å²) in [6.07, 6.45) is 5.33. The van der Waals surface area contributed by atoms with E-state index in [0.29, 0.717) is 84.6 Å². The van der Waals surface area contributed by atoms with Crippen molar-refractivity contribution < 1.29 is 33.3 Å². The molecule has 1 aromatic rings. The number of hydrogen-bond acceptors (Lipinski definition) is 9. The van der Waals surface area contributed by atoms with E-state index in [1.165, 1.54) is 4.90 Å². The molecule has 0 bridgehead atoms. The number of nitrogens with one attached hydrogen (secondary N) is 1. The topological polar surface area (TPSA) is 134 Å². The Morgan fingerprint density at radius 3 is 2.20 bits per heavy atom. The van der Waals surface area contributed by atoms with Crippen LogP contribution in [0, 0.1) is 23.7 Å². The molecule has 3 rings (SSSR count). The molecular weight excluding hydrogens is 518 g/mol. The molecule has 1 atom stereocenters. The summed E-state index contributed by atoms with van der Waals surface area (Å²) in [6.45, 7) is 11.7. The third-order valence-electron chi connectivity index (χ3n) is 7.56. The zero-order valence-electron chi connectivity index (χ0n) is 24.3. The lowest BCUT2D eigenvalue weighted by molar-refractivity contribution is -0.141. The number of carbonyl (C=O) groups excluding carboxylic acids is 3. The largest absolute Gasteiger partial charge is 0.379 e. The van der Waals surface area contributed by atoms with Gasteiger partial charge in [0.1, 0.15) is 5.69 Å². The number of likely N-dealkylation sites (tertiary alicyclic amines) is 1. The predicted molar refractivity (Wildman–Crippen MR) is 146 cm³/mol. The third-order valence-corrected chi connectivity index (χ3v) is 7.56. The van der Waals surface area contributed by atoms with Gasteiger partial charge in [0.15, 0.2) is 0 Å². The molecule has 3 amide bonds. The molecule has 1 saturated heterocycles. The maximum atomic E-state index is 12.7. The second-order valence-corrected chi connectivity index (χ2v) is 10.8. The molecule has 226 valence electrons. The number of aromatic nitrogens is 3. The maximum Gasteiger partial charge on any atom is 0.233 e. The van der Waals surface area contributed by atoms with E-state index in [9.17, 15) is 14.4 Å². The number of amides is 3. The Labute approximate surface area is 237 Å². The van der Waals surface area contributed by atoms with Crippen LogP contribution in [0.5, 0.6) is 0 Å². The van der Waals surface area contributed by atoms with Gasteiger partial charge in [-0.25, -0.2) is 4.68 Å². The Morgan fingerprint density at radius 1 is 0.975 bits per heavy atom. The van der Waals surface area contributed by atoms with Crippen LogP contribution in [0.15, 0.2) is 6.20 Å². The van der Waals surface area contributed by atoms with Gasteiger partial charge in [0.2, 0.25) is 17.7 Å². The summed E-state index contributed by atoms with van der Waals surface area (Å²) in [5, 5.41) is 11.2. The quantitative estimate of drug-likeness (QED) is 0.197. The Hall–Kier alpha value is -2.41. The van der Waals surface area contributed by atoms with Crippen LogP contribution in [0.2, 0.25) is 0 Å². The first kappa shape index (κ1) is 32.1. The average Bonchev–Trinajstić information content (AvgIpc) is 3.52. The van der Waals surface area contributed by atoms with Gasteiger partial charge in [-0.3, -0.25) is 19.3 Å². The number of imide groups is 1. The lowest BCUT2D eigenvalue weighted by Gasteiger charge is -2.30. The summed E-state index contributed by atoms with van der Waals surface area (Å²) in [6, 6.07) is 0. The minimum absolute atomic E-state index is 0.0178. The van der Waals surface area contributed by atoms with Crippen LogP contribution in [-0.2, 0) is 46.4 Å². The van der Waals surface area contributed by atoms with Gasteiger partial charge in [-0.1, -0.05) is 19.1 Å². The standard InChI is InChI=1S/C28H47N5O7/c1-4-37-11-12-39-15-16-40-14-13-38-10-9-32-20-24(30-31-32)18-29-27(35)23-7-5-22(6-8-23)19-33-26(34)17-25(21(2)3)28(33)36/h20-23,25H,4-19H2,1-3H3,(H,29,35). The van der Waals surface area contributed by atoms with Gasteiger partial charge in [0.05, 0.1) is 65.5 Å².